The molecule has 4 rings (SSSR count). The molecule has 0 radical (unpaired) electrons. The molecule has 2 N–H and O–H groups in total. The quantitative estimate of drug-likeness (QED) is 0.0789. The highest BCUT2D eigenvalue weighted by atomic mass is 35.5. The molecule has 0 atom stereocenters. The average Bonchev–Trinajstić information content (AvgIpc) is 3.13. The number of esters is 2. The third-order valence-corrected chi connectivity index (χ3v) is 8.25. The first-order valence-corrected chi connectivity index (χ1v) is 17.2. The number of hydrogen-bond acceptors (Lipinski definition) is 9. The zero-order chi connectivity index (χ0) is 40.4. The molecule has 16 heteroatoms. The molecule has 0 spiro atoms. The molecule has 290 valence electrons. The Kier molecular flexibility index (Phi) is 14.0. The molecule has 4 aromatic rings. The Bertz CT molecular complexity index is 2090. The van der Waals surface area contributed by atoms with Gasteiger partial charge in [-0.15, -0.1) is 0 Å². The molecule has 0 aliphatic heterocycles. The first-order valence-electron chi connectivity index (χ1n) is 16.8. The molecule has 0 fully saturated rings. The van der Waals surface area contributed by atoms with E-state index in [0.29, 0.717) is 29.7 Å². The van der Waals surface area contributed by atoms with E-state index in [1.807, 2.05) is 0 Å². The van der Waals surface area contributed by atoms with E-state index >= 15 is 0 Å². The number of alkyl halides is 3. The van der Waals surface area contributed by atoms with Crippen molar-refractivity contribution in [2.24, 2.45) is 0 Å². The fourth-order valence-electron chi connectivity index (χ4n) is 5.23. The smallest absolute Gasteiger partial charge is 0.416 e. The summed E-state index contributed by atoms with van der Waals surface area (Å²) in [5.74, 6) is -2.76. The topological polar surface area (TPSA) is 153 Å². The lowest BCUT2D eigenvalue weighted by Crippen LogP contribution is -2.25. The van der Waals surface area contributed by atoms with Gasteiger partial charge in [-0.05, 0) is 73.9 Å². The molecule has 0 bridgehead atoms. The molecule has 0 aliphatic rings. The van der Waals surface area contributed by atoms with Crippen LogP contribution in [0.15, 0.2) is 66.7 Å². The Balaban J connectivity index is 1.45. The zero-order valence-corrected chi connectivity index (χ0v) is 31.3. The minimum Gasteiger partial charge on any atom is -0.493 e. The van der Waals surface area contributed by atoms with Crippen molar-refractivity contribution in [3.63, 3.8) is 0 Å². The summed E-state index contributed by atoms with van der Waals surface area (Å²) in [7, 11) is 4.41. The van der Waals surface area contributed by atoms with Crippen LogP contribution in [0.2, 0.25) is 5.02 Å². The average molecular weight is 783 g/mol. The van der Waals surface area contributed by atoms with Crippen LogP contribution >= 0.6 is 11.6 Å². The fraction of sp³-hybridized carbons (Fsp3) is 0.282. The molecule has 1 aromatic heterocycles. The van der Waals surface area contributed by atoms with Crippen molar-refractivity contribution in [1.82, 2.24) is 15.2 Å². The summed E-state index contributed by atoms with van der Waals surface area (Å²) in [6, 6.07) is 14.8. The SMILES string of the molecule is COc1cc(C(=O)OCCNC(C)=O)cc(Cl)c1OC(=O)CCCc1ccc(NC(=O)c2ccc(C)nc2-c2ccc(C(F)(F)F)cc2)c(C(=O)N(C)C)c1. The molecule has 12 nitrogen and oxygen atoms in total. The summed E-state index contributed by atoms with van der Waals surface area (Å²) in [6.45, 7) is 3.07. The number of methoxy groups -OCH3 is 1. The number of anilines is 1. The van der Waals surface area contributed by atoms with Gasteiger partial charge < -0.3 is 29.7 Å². The lowest BCUT2D eigenvalue weighted by atomic mass is 10.0. The molecule has 0 saturated carbocycles. The molecule has 0 saturated heterocycles. The van der Waals surface area contributed by atoms with Crippen LogP contribution < -0.4 is 20.1 Å². The summed E-state index contributed by atoms with van der Waals surface area (Å²) in [4.78, 5) is 68.9. The van der Waals surface area contributed by atoms with Gasteiger partial charge in [-0.2, -0.15) is 13.2 Å². The summed E-state index contributed by atoms with van der Waals surface area (Å²) < 4.78 is 55.4. The predicted molar refractivity (Wildman–Crippen MR) is 197 cm³/mol. The van der Waals surface area contributed by atoms with E-state index < -0.39 is 35.5 Å². The maximum Gasteiger partial charge on any atom is 0.416 e. The molecule has 3 amide bonds. The number of carbonyl (C=O) groups excluding carboxylic acids is 5. The van der Waals surface area contributed by atoms with Gasteiger partial charge in [0.2, 0.25) is 5.91 Å². The Morgan fingerprint density at radius 2 is 1.64 bits per heavy atom. The molecule has 0 aliphatic carbocycles. The van der Waals surface area contributed by atoms with E-state index in [1.54, 1.807) is 45.3 Å². The monoisotopic (exact) mass is 782 g/mol. The number of pyridine rings is 1. The third kappa shape index (κ3) is 11.3. The zero-order valence-electron chi connectivity index (χ0n) is 30.6. The number of amides is 3. The van der Waals surface area contributed by atoms with E-state index in [-0.39, 0.29) is 70.1 Å². The maximum absolute atomic E-state index is 13.6. The second kappa shape index (κ2) is 18.4. The molecular formula is C39H38ClF3N4O8. The van der Waals surface area contributed by atoms with Crippen molar-refractivity contribution in [3.05, 3.63) is 105 Å². The Morgan fingerprint density at radius 1 is 0.927 bits per heavy atom. The van der Waals surface area contributed by atoms with Gasteiger partial charge in [0.1, 0.15) is 6.61 Å². The standard InChI is InChI=1S/C39H38ClF3N4O8/c1-22-9-15-28(34(45-22)25-11-13-27(14-12-25)39(41,42)43)36(50)46-31-16-10-24(19-29(31)37(51)47(3)4)7-6-8-33(49)55-35-30(40)20-26(21-32(35)53-5)38(52)54-18-17-44-23(2)48/h9-16,19-21H,6-8,17-18H2,1-5H3,(H,44,48)(H,46,50). The van der Waals surface area contributed by atoms with Gasteiger partial charge in [0, 0.05) is 38.7 Å². The Morgan fingerprint density at radius 3 is 2.27 bits per heavy atom. The van der Waals surface area contributed by atoms with Gasteiger partial charge in [-0.25, -0.2) is 4.79 Å². The summed E-state index contributed by atoms with van der Waals surface area (Å²) in [6.07, 6.45) is -3.96. The second-order valence-corrected chi connectivity index (χ2v) is 12.8. The summed E-state index contributed by atoms with van der Waals surface area (Å²) in [5, 5.41) is 5.18. The molecule has 1 heterocycles. The van der Waals surface area contributed by atoms with Crippen LogP contribution in [-0.4, -0.2) is 73.9 Å². The number of carbonyl (C=O) groups is 5. The van der Waals surface area contributed by atoms with E-state index in [9.17, 15) is 37.1 Å². The first-order chi connectivity index (χ1) is 26.0. The number of ether oxygens (including phenoxy) is 3. The number of nitrogens with one attached hydrogen (secondary N) is 2. The predicted octanol–water partition coefficient (Wildman–Crippen LogP) is 6.91. The van der Waals surface area contributed by atoms with Gasteiger partial charge in [0.05, 0.1) is 52.3 Å². The minimum atomic E-state index is -4.53. The van der Waals surface area contributed by atoms with Crippen molar-refractivity contribution in [2.45, 2.75) is 39.3 Å². The summed E-state index contributed by atoms with van der Waals surface area (Å²) >= 11 is 6.34. The summed E-state index contributed by atoms with van der Waals surface area (Å²) in [5.41, 5.74) is 1.33. The number of nitrogens with zero attached hydrogens (tertiary/aromatic N) is 2. The van der Waals surface area contributed by atoms with Gasteiger partial charge in [0.25, 0.3) is 11.8 Å². The number of aryl methyl sites for hydroxylation is 2. The number of hydrogen-bond donors (Lipinski definition) is 2. The fourth-order valence-corrected chi connectivity index (χ4v) is 5.48. The van der Waals surface area contributed by atoms with E-state index in [2.05, 4.69) is 15.6 Å². The van der Waals surface area contributed by atoms with Crippen molar-refractivity contribution < 1.29 is 51.4 Å². The lowest BCUT2D eigenvalue weighted by Gasteiger charge is -2.17. The highest BCUT2D eigenvalue weighted by molar-refractivity contribution is 6.32. The highest BCUT2D eigenvalue weighted by Gasteiger charge is 2.30. The van der Waals surface area contributed by atoms with Gasteiger partial charge in [-0.1, -0.05) is 29.8 Å². The number of halogens is 4. The molecule has 3 aromatic carbocycles. The van der Waals surface area contributed by atoms with Crippen LogP contribution in [0.25, 0.3) is 11.3 Å². The molecular weight excluding hydrogens is 745 g/mol. The van der Waals surface area contributed by atoms with Gasteiger partial charge >= 0.3 is 18.1 Å². The Labute approximate surface area is 319 Å². The normalized spacial score (nSPS) is 11.0. The van der Waals surface area contributed by atoms with Crippen LogP contribution in [0.5, 0.6) is 11.5 Å². The van der Waals surface area contributed by atoms with Crippen molar-refractivity contribution >= 4 is 46.9 Å². The van der Waals surface area contributed by atoms with Crippen molar-refractivity contribution in [3.8, 4) is 22.8 Å². The lowest BCUT2D eigenvalue weighted by molar-refractivity contribution is -0.137. The Hall–Kier alpha value is -5.96. The van der Waals surface area contributed by atoms with Crippen molar-refractivity contribution in [1.29, 1.82) is 0 Å². The van der Waals surface area contributed by atoms with E-state index in [4.69, 9.17) is 25.8 Å². The second-order valence-electron chi connectivity index (χ2n) is 12.4. The number of rotatable bonds is 14. The van der Waals surface area contributed by atoms with E-state index in [0.717, 1.165) is 12.1 Å². The van der Waals surface area contributed by atoms with Crippen LogP contribution in [0.1, 0.15) is 67.7 Å². The third-order valence-electron chi connectivity index (χ3n) is 7.97. The van der Waals surface area contributed by atoms with Gasteiger partial charge in [-0.3, -0.25) is 24.2 Å². The van der Waals surface area contributed by atoms with Crippen LogP contribution in [0, 0.1) is 6.92 Å². The maximum atomic E-state index is 13.6. The number of aromatic nitrogens is 1. The van der Waals surface area contributed by atoms with Crippen molar-refractivity contribution in [2.75, 3.05) is 39.7 Å². The molecule has 0 unspecified atom stereocenters. The van der Waals surface area contributed by atoms with Crippen LogP contribution in [-0.2, 0) is 26.9 Å². The van der Waals surface area contributed by atoms with Crippen LogP contribution in [0.4, 0.5) is 18.9 Å². The van der Waals surface area contributed by atoms with Gasteiger partial charge in [0.15, 0.2) is 11.5 Å². The minimum absolute atomic E-state index is 0.0204. The van der Waals surface area contributed by atoms with Crippen LogP contribution in [0.3, 0.4) is 0 Å². The highest BCUT2D eigenvalue weighted by Crippen LogP contribution is 2.37. The number of benzene rings is 3. The molecule has 55 heavy (non-hydrogen) atoms. The first kappa shape index (κ1) is 41.8. The largest absolute Gasteiger partial charge is 0.493 e. The van der Waals surface area contributed by atoms with E-state index in [1.165, 1.54) is 49.3 Å².